The van der Waals surface area contributed by atoms with Crippen molar-refractivity contribution in [2.75, 3.05) is 26.1 Å². The van der Waals surface area contributed by atoms with Crippen molar-refractivity contribution in [1.29, 1.82) is 0 Å². The predicted molar refractivity (Wildman–Crippen MR) is 93.7 cm³/mol. The second kappa shape index (κ2) is 6.82. The summed E-state index contributed by atoms with van der Waals surface area (Å²) < 4.78 is 36.1. The van der Waals surface area contributed by atoms with E-state index in [9.17, 15) is 13.2 Å². The van der Waals surface area contributed by atoms with Crippen LogP contribution < -0.4 is 5.32 Å². The molecule has 2 aliphatic rings. The molecule has 0 saturated heterocycles. The number of rotatable bonds is 2. The molecular formula is C17H18ClNO5S. The average Bonchev–Trinajstić information content (AvgIpc) is 2.71. The molecule has 0 radical (unpaired) electrons. The highest BCUT2D eigenvalue weighted by Crippen LogP contribution is 2.42. The maximum absolute atomic E-state index is 12.9. The minimum Gasteiger partial charge on any atom is -0.466 e. The first-order chi connectivity index (χ1) is 11.8. The number of hydrogen-bond donors (Lipinski definition) is 1. The van der Waals surface area contributed by atoms with Gasteiger partial charge in [0.25, 0.3) is 0 Å². The summed E-state index contributed by atoms with van der Waals surface area (Å²) >= 11 is 6.10. The standard InChI is InChI=1S/C17H18ClNO5S/c1-10-14(17(20)23-2)15(11-4-3-5-12(18)8-11)16-13(19-10)9-24-6-7-25(16,21)22/h3-5,8,15,19H,6-7,9H2,1-2H3. The predicted octanol–water partition coefficient (Wildman–Crippen LogP) is 2.13. The molecule has 134 valence electrons. The van der Waals surface area contributed by atoms with Gasteiger partial charge in [-0.2, -0.15) is 0 Å². The molecule has 1 N–H and O–H groups in total. The van der Waals surface area contributed by atoms with Crippen molar-refractivity contribution in [3.63, 3.8) is 0 Å². The molecule has 0 spiro atoms. The average molecular weight is 384 g/mol. The molecule has 8 heteroatoms. The molecule has 0 fully saturated rings. The van der Waals surface area contributed by atoms with E-state index in [1.165, 1.54) is 7.11 Å². The van der Waals surface area contributed by atoms with E-state index in [0.29, 0.717) is 22.0 Å². The van der Waals surface area contributed by atoms with Crippen LogP contribution in [0, 0.1) is 0 Å². The van der Waals surface area contributed by atoms with Crippen LogP contribution in [0.1, 0.15) is 18.4 Å². The van der Waals surface area contributed by atoms with Crippen molar-refractivity contribution in [3.05, 3.63) is 56.7 Å². The van der Waals surface area contributed by atoms with Gasteiger partial charge in [0.05, 0.1) is 48.2 Å². The first-order valence-electron chi connectivity index (χ1n) is 7.70. The van der Waals surface area contributed by atoms with Gasteiger partial charge in [0.15, 0.2) is 9.84 Å². The molecule has 0 amide bonds. The number of esters is 1. The van der Waals surface area contributed by atoms with Crippen LogP contribution in [0.15, 0.2) is 46.1 Å². The highest BCUT2D eigenvalue weighted by molar-refractivity contribution is 7.95. The number of benzene rings is 1. The largest absolute Gasteiger partial charge is 0.466 e. The molecule has 2 aliphatic heterocycles. The number of allylic oxidation sites excluding steroid dienone is 2. The summed E-state index contributed by atoms with van der Waals surface area (Å²) in [5, 5.41) is 3.48. The van der Waals surface area contributed by atoms with E-state index in [4.69, 9.17) is 21.1 Å². The van der Waals surface area contributed by atoms with Crippen LogP contribution in [0.25, 0.3) is 0 Å². The Balaban J connectivity index is 2.28. The lowest BCUT2D eigenvalue weighted by molar-refractivity contribution is -0.136. The Labute approximate surface area is 151 Å². The van der Waals surface area contributed by atoms with E-state index in [0.717, 1.165) is 0 Å². The van der Waals surface area contributed by atoms with Crippen molar-refractivity contribution in [1.82, 2.24) is 5.32 Å². The number of ether oxygens (including phenoxy) is 2. The van der Waals surface area contributed by atoms with Crippen molar-refractivity contribution < 1.29 is 22.7 Å². The SMILES string of the molecule is COC(=O)C1=C(C)NC2=C(C1c1cccc(Cl)c1)S(=O)(=O)CCOC2. The van der Waals surface area contributed by atoms with Gasteiger partial charge in [0.2, 0.25) is 0 Å². The van der Waals surface area contributed by atoms with Gasteiger partial charge in [-0.25, -0.2) is 13.2 Å². The van der Waals surface area contributed by atoms with E-state index >= 15 is 0 Å². The molecule has 0 saturated carbocycles. The fraction of sp³-hybridized carbons (Fsp3) is 0.353. The number of carbonyl (C=O) groups is 1. The lowest BCUT2D eigenvalue weighted by Crippen LogP contribution is -2.33. The summed E-state index contributed by atoms with van der Waals surface area (Å²) in [5.74, 6) is -1.51. The Morgan fingerprint density at radius 1 is 1.40 bits per heavy atom. The molecule has 25 heavy (non-hydrogen) atoms. The van der Waals surface area contributed by atoms with E-state index in [2.05, 4.69) is 5.32 Å². The van der Waals surface area contributed by atoms with Crippen LogP contribution in [0.5, 0.6) is 0 Å². The van der Waals surface area contributed by atoms with Gasteiger partial charge in [0, 0.05) is 10.7 Å². The zero-order valence-electron chi connectivity index (χ0n) is 13.8. The molecule has 1 unspecified atom stereocenters. The number of halogens is 1. The van der Waals surface area contributed by atoms with Crippen molar-refractivity contribution in [2.24, 2.45) is 0 Å². The van der Waals surface area contributed by atoms with Crippen LogP contribution in [-0.4, -0.2) is 40.5 Å². The van der Waals surface area contributed by atoms with Gasteiger partial charge in [-0.15, -0.1) is 0 Å². The first-order valence-corrected chi connectivity index (χ1v) is 9.73. The van der Waals surface area contributed by atoms with Crippen LogP contribution in [0.2, 0.25) is 5.02 Å². The van der Waals surface area contributed by atoms with E-state index in [1.807, 2.05) is 0 Å². The molecular weight excluding hydrogens is 366 g/mol. The number of methoxy groups -OCH3 is 1. The Hall–Kier alpha value is -1.83. The third-order valence-corrected chi connectivity index (χ3v) is 6.35. The molecule has 1 aromatic carbocycles. The highest BCUT2D eigenvalue weighted by Gasteiger charge is 2.41. The molecule has 0 aromatic heterocycles. The van der Waals surface area contributed by atoms with Crippen molar-refractivity contribution >= 4 is 27.4 Å². The quantitative estimate of drug-likeness (QED) is 0.788. The second-order valence-electron chi connectivity index (χ2n) is 5.86. The summed E-state index contributed by atoms with van der Waals surface area (Å²) in [6.45, 7) is 1.95. The monoisotopic (exact) mass is 383 g/mol. The summed E-state index contributed by atoms with van der Waals surface area (Å²) in [6.07, 6.45) is 0. The Morgan fingerprint density at radius 2 is 2.16 bits per heavy atom. The van der Waals surface area contributed by atoms with Crippen molar-refractivity contribution in [3.8, 4) is 0 Å². The Bertz CT molecular complexity index is 888. The zero-order valence-corrected chi connectivity index (χ0v) is 15.4. The van der Waals surface area contributed by atoms with Gasteiger partial charge in [-0.1, -0.05) is 23.7 Å². The maximum atomic E-state index is 12.9. The Kier molecular flexibility index (Phi) is 4.90. The molecule has 1 atom stereocenters. The van der Waals surface area contributed by atoms with Crippen molar-refractivity contribution in [2.45, 2.75) is 12.8 Å². The second-order valence-corrected chi connectivity index (χ2v) is 8.37. The van der Waals surface area contributed by atoms with Crippen LogP contribution in [0.3, 0.4) is 0 Å². The summed E-state index contributed by atoms with van der Waals surface area (Å²) in [6, 6.07) is 6.84. The van der Waals surface area contributed by atoms with Gasteiger partial charge in [-0.3, -0.25) is 0 Å². The number of carbonyl (C=O) groups excluding carboxylic acids is 1. The van der Waals surface area contributed by atoms with Gasteiger partial charge in [0.1, 0.15) is 0 Å². The smallest absolute Gasteiger partial charge is 0.336 e. The highest BCUT2D eigenvalue weighted by atomic mass is 35.5. The molecule has 3 rings (SSSR count). The van der Waals surface area contributed by atoms with E-state index in [-0.39, 0.29) is 29.4 Å². The first kappa shape index (κ1) is 18.0. The topological polar surface area (TPSA) is 81.7 Å². The summed E-state index contributed by atoms with van der Waals surface area (Å²) in [4.78, 5) is 12.6. The number of hydrogen-bond acceptors (Lipinski definition) is 6. The van der Waals surface area contributed by atoms with Gasteiger partial charge >= 0.3 is 5.97 Å². The third kappa shape index (κ3) is 3.31. The normalized spacial score (nSPS) is 22.8. The fourth-order valence-corrected chi connectivity index (χ4v) is 5.04. The van der Waals surface area contributed by atoms with Crippen LogP contribution in [-0.2, 0) is 24.1 Å². The number of nitrogens with one attached hydrogen (secondary N) is 1. The zero-order chi connectivity index (χ0) is 18.2. The Morgan fingerprint density at radius 3 is 2.84 bits per heavy atom. The molecule has 0 bridgehead atoms. The number of sulfone groups is 1. The number of dihydropyridines is 1. The molecule has 2 heterocycles. The molecule has 6 nitrogen and oxygen atoms in total. The van der Waals surface area contributed by atoms with Crippen LogP contribution in [0.4, 0.5) is 0 Å². The van der Waals surface area contributed by atoms with Crippen LogP contribution >= 0.6 is 11.6 Å². The molecule has 1 aromatic rings. The third-order valence-electron chi connectivity index (χ3n) is 4.26. The fourth-order valence-electron chi connectivity index (χ4n) is 3.19. The van der Waals surface area contributed by atoms with Gasteiger partial charge < -0.3 is 14.8 Å². The maximum Gasteiger partial charge on any atom is 0.336 e. The molecule has 0 aliphatic carbocycles. The minimum absolute atomic E-state index is 0.103. The lowest BCUT2D eigenvalue weighted by atomic mass is 9.86. The minimum atomic E-state index is -3.62. The van der Waals surface area contributed by atoms with Gasteiger partial charge in [-0.05, 0) is 24.6 Å². The van der Waals surface area contributed by atoms with E-state index in [1.54, 1.807) is 31.2 Å². The lowest BCUT2D eigenvalue weighted by Gasteiger charge is -2.30. The summed E-state index contributed by atoms with van der Waals surface area (Å²) in [7, 11) is -2.35. The van der Waals surface area contributed by atoms with E-state index < -0.39 is 21.7 Å². The summed E-state index contributed by atoms with van der Waals surface area (Å²) in [5.41, 5.74) is 1.87.